The fraction of sp³-hybridized carbons (Fsp3) is 0.300. The van der Waals surface area contributed by atoms with Gasteiger partial charge in [0.15, 0.2) is 0 Å². The van der Waals surface area contributed by atoms with Crippen LogP contribution in [0.2, 0.25) is 0 Å². The highest BCUT2D eigenvalue weighted by molar-refractivity contribution is 7.10. The third-order valence-electron chi connectivity index (χ3n) is 4.24. The Labute approximate surface area is 157 Å². The molecule has 0 aliphatic carbocycles. The monoisotopic (exact) mass is 370 g/mol. The van der Waals surface area contributed by atoms with Crippen LogP contribution in [-0.2, 0) is 14.3 Å². The zero-order valence-corrected chi connectivity index (χ0v) is 15.5. The van der Waals surface area contributed by atoms with E-state index < -0.39 is 6.04 Å². The molecule has 6 heteroatoms. The van der Waals surface area contributed by atoms with Gasteiger partial charge in [0.1, 0.15) is 6.04 Å². The smallest absolute Gasteiger partial charge is 0.249 e. The van der Waals surface area contributed by atoms with Crippen LogP contribution in [0.5, 0.6) is 0 Å². The lowest BCUT2D eigenvalue weighted by Gasteiger charge is -2.31. The molecule has 1 atom stereocenters. The number of carbonyl (C=O) groups excluding carboxylic acids is 2. The molecule has 2 aromatic rings. The lowest BCUT2D eigenvalue weighted by Crippen LogP contribution is -2.47. The number of amides is 2. The molecule has 1 aliphatic rings. The molecule has 2 heterocycles. The van der Waals surface area contributed by atoms with E-state index in [9.17, 15) is 9.59 Å². The van der Waals surface area contributed by atoms with E-state index in [4.69, 9.17) is 4.74 Å². The average molecular weight is 370 g/mol. The SMILES string of the molecule is C/C(=C\c1cccs1)C(=O)N[C@H](C(=O)N1CCOCC1)c1ccccc1. The number of hydrogen-bond acceptors (Lipinski definition) is 4. The molecular weight excluding hydrogens is 348 g/mol. The van der Waals surface area contributed by atoms with E-state index in [1.807, 2.05) is 53.9 Å². The van der Waals surface area contributed by atoms with Gasteiger partial charge in [0.25, 0.3) is 0 Å². The average Bonchev–Trinajstić information content (AvgIpc) is 3.19. The summed E-state index contributed by atoms with van der Waals surface area (Å²) in [5.74, 6) is -0.342. The predicted molar refractivity (Wildman–Crippen MR) is 103 cm³/mol. The topological polar surface area (TPSA) is 58.6 Å². The Morgan fingerprint density at radius 3 is 2.54 bits per heavy atom. The summed E-state index contributed by atoms with van der Waals surface area (Å²) in [6.07, 6.45) is 1.83. The molecule has 1 aromatic heterocycles. The van der Waals surface area contributed by atoms with Gasteiger partial charge in [-0.1, -0.05) is 36.4 Å². The zero-order chi connectivity index (χ0) is 18.4. The first-order valence-corrected chi connectivity index (χ1v) is 9.47. The molecule has 0 saturated carbocycles. The number of carbonyl (C=O) groups is 2. The molecule has 0 unspecified atom stereocenters. The van der Waals surface area contributed by atoms with E-state index >= 15 is 0 Å². The standard InChI is InChI=1S/C20H22N2O3S/c1-15(14-17-8-5-13-26-17)19(23)21-18(16-6-3-2-4-7-16)20(24)22-9-11-25-12-10-22/h2-8,13-14,18H,9-12H2,1H3,(H,21,23)/b15-14+/t18-/m0/s1. The highest BCUT2D eigenvalue weighted by atomic mass is 32.1. The Morgan fingerprint density at radius 2 is 1.88 bits per heavy atom. The first-order chi connectivity index (χ1) is 12.6. The Bertz CT molecular complexity index is 766. The number of thiophene rings is 1. The van der Waals surface area contributed by atoms with Crippen molar-refractivity contribution in [1.29, 1.82) is 0 Å². The third kappa shape index (κ3) is 4.59. The zero-order valence-electron chi connectivity index (χ0n) is 14.7. The Hall–Kier alpha value is -2.44. The van der Waals surface area contributed by atoms with Crippen LogP contribution in [0.3, 0.4) is 0 Å². The molecule has 2 amide bonds. The molecule has 0 bridgehead atoms. The van der Waals surface area contributed by atoms with Crippen LogP contribution in [0.25, 0.3) is 6.08 Å². The lowest BCUT2D eigenvalue weighted by molar-refractivity contribution is -0.139. The van der Waals surface area contributed by atoms with Gasteiger partial charge in [-0.05, 0) is 30.0 Å². The summed E-state index contributed by atoms with van der Waals surface area (Å²) in [6, 6.07) is 12.6. The summed E-state index contributed by atoms with van der Waals surface area (Å²) in [5.41, 5.74) is 1.35. The van der Waals surface area contributed by atoms with Crippen LogP contribution in [0.4, 0.5) is 0 Å². The predicted octanol–water partition coefficient (Wildman–Crippen LogP) is 2.87. The normalized spacial score (nSPS) is 16.2. The minimum atomic E-state index is -0.700. The second-order valence-electron chi connectivity index (χ2n) is 6.10. The van der Waals surface area contributed by atoms with Gasteiger partial charge in [-0.25, -0.2) is 0 Å². The summed E-state index contributed by atoms with van der Waals surface area (Å²) in [7, 11) is 0. The van der Waals surface area contributed by atoms with Gasteiger partial charge in [0, 0.05) is 23.5 Å². The van der Waals surface area contributed by atoms with Gasteiger partial charge in [0.2, 0.25) is 11.8 Å². The molecule has 1 aliphatic heterocycles. The van der Waals surface area contributed by atoms with Crippen LogP contribution in [0.1, 0.15) is 23.4 Å². The second-order valence-corrected chi connectivity index (χ2v) is 7.08. The van der Waals surface area contributed by atoms with Crippen LogP contribution < -0.4 is 5.32 Å². The summed E-state index contributed by atoms with van der Waals surface area (Å²) in [6.45, 7) is 3.90. The van der Waals surface area contributed by atoms with E-state index in [0.717, 1.165) is 10.4 Å². The molecule has 1 N–H and O–H groups in total. The van der Waals surface area contributed by atoms with Gasteiger partial charge in [-0.2, -0.15) is 0 Å². The Kier molecular flexibility index (Phi) is 6.20. The Morgan fingerprint density at radius 1 is 1.15 bits per heavy atom. The van der Waals surface area contributed by atoms with E-state index in [-0.39, 0.29) is 11.8 Å². The van der Waals surface area contributed by atoms with Crippen molar-refractivity contribution in [2.45, 2.75) is 13.0 Å². The Balaban J connectivity index is 1.79. The molecule has 5 nitrogen and oxygen atoms in total. The van der Waals surface area contributed by atoms with Crippen molar-refractivity contribution in [3.8, 4) is 0 Å². The van der Waals surface area contributed by atoms with E-state index in [2.05, 4.69) is 5.32 Å². The van der Waals surface area contributed by atoms with Gasteiger partial charge in [0.05, 0.1) is 13.2 Å². The van der Waals surface area contributed by atoms with Crippen molar-refractivity contribution >= 4 is 29.2 Å². The molecule has 136 valence electrons. The number of nitrogens with zero attached hydrogens (tertiary/aromatic N) is 1. The van der Waals surface area contributed by atoms with Crippen LogP contribution in [-0.4, -0.2) is 43.0 Å². The third-order valence-corrected chi connectivity index (χ3v) is 5.06. The summed E-state index contributed by atoms with van der Waals surface area (Å²) in [5, 5.41) is 4.87. The molecular formula is C20H22N2O3S. The van der Waals surface area contributed by atoms with Crippen molar-refractivity contribution in [3.05, 3.63) is 63.9 Å². The first-order valence-electron chi connectivity index (χ1n) is 8.59. The first kappa shape index (κ1) is 18.4. The van der Waals surface area contributed by atoms with Gasteiger partial charge >= 0.3 is 0 Å². The van der Waals surface area contributed by atoms with Crippen LogP contribution in [0, 0.1) is 0 Å². The molecule has 0 radical (unpaired) electrons. The highest BCUT2D eigenvalue weighted by Gasteiger charge is 2.28. The summed E-state index contributed by atoms with van der Waals surface area (Å²) >= 11 is 1.57. The minimum Gasteiger partial charge on any atom is -0.378 e. The highest BCUT2D eigenvalue weighted by Crippen LogP contribution is 2.19. The van der Waals surface area contributed by atoms with E-state index in [0.29, 0.717) is 31.9 Å². The summed E-state index contributed by atoms with van der Waals surface area (Å²) in [4.78, 5) is 28.4. The molecule has 1 fully saturated rings. The molecule has 3 rings (SSSR count). The van der Waals surface area contributed by atoms with Crippen LogP contribution in [0.15, 0.2) is 53.4 Å². The minimum absolute atomic E-state index is 0.100. The fourth-order valence-corrected chi connectivity index (χ4v) is 3.51. The number of hydrogen-bond donors (Lipinski definition) is 1. The van der Waals surface area contributed by atoms with Crippen molar-refractivity contribution in [2.24, 2.45) is 0 Å². The van der Waals surface area contributed by atoms with Crippen molar-refractivity contribution in [1.82, 2.24) is 10.2 Å². The van der Waals surface area contributed by atoms with Crippen LogP contribution >= 0.6 is 11.3 Å². The maximum Gasteiger partial charge on any atom is 0.249 e. The number of nitrogens with one attached hydrogen (secondary N) is 1. The summed E-state index contributed by atoms with van der Waals surface area (Å²) < 4.78 is 5.32. The molecule has 26 heavy (non-hydrogen) atoms. The molecule has 1 saturated heterocycles. The van der Waals surface area contributed by atoms with Gasteiger partial charge in [-0.15, -0.1) is 11.3 Å². The largest absolute Gasteiger partial charge is 0.378 e. The number of rotatable bonds is 5. The number of ether oxygens (including phenoxy) is 1. The second kappa shape index (κ2) is 8.78. The number of benzene rings is 1. The quantitative estimate of drug-likeness (QED) is 0.824. The van der Waals surface area contributed by atoms with Crippen molar-refractivity contribution in [3.63, 3.8) is 0 Å². The van der Waals surface area contributed by atoms with E-state index in [1.54, 1.807) is 23.2 Å². The van der Waals surface area contributed by atoms with Gasteiger partial charge < -0.3 is 15.0 Å². The number of morpholine rings is 1. The molecule has 1 aromatic carbocycles. The molecule has 0 spiro atoms. The van der Waals surface area contributed by atoms with Crippen molar-refractivity contribution in [2.75, 3.05) is 26.3 Å². The fourth-order valence-electron chi connectivity index (χ4n) is 2.80. The van der Waals surface area contributed by atoms with Crippen molar-refractivity contribution < 1.29 is 14.3 Å². The van der Waals surface area contributed by atoms with Gasteiger partial charge in [-0.3, -0.25) is 9.59 Å². The maximum absolute atomic E-state index is 13.0. The van der Waals surface area contributed by atoms with E-state index in [1.165, 1.54) is 0 Å². The lowest BCUT2D eigenvalue weighted by atomic mass is 10.0. The maximum atomic E-state index is 13.0.